The first-order chi connectivity index (χ1) is 6.92. The second kappa shape index (κ2) is 4.46. The van der Waals surface area contributed by atoms with Gasteiger partial charge in [-0.1, -0.05) is 0 Å². The summed E-state index contributed by atoms with van der Waals surface area (Å²) in [5, 5.41) is 0. The molecule has 0 aliphatic rings. The van der Waals surface area contributed by atoms with Gasteiger partial charge in [-0.3, -0.25) is 0 Å². The van der Waals surface area contributed by atoms with E-state index in [4.69, 9.17) is 0 Å². The first-order valence-corrected chi connectivity index (χ1v) is 6.06. The molecular formula is C10H13N3S. The van der Waals surface area contributed by atoms with Crippen molar-refractivity contribution in [3.8, 4) is 0 Å². The van der Waals surface area contributed by atoms with E-state index in [1.54, 1.807) is 0 Å². The number of aryl methyl sites for hydroxylation is 1. The van der Waals surface area contributed by atoms with E-state index in [-0.39, 0.29) is 0 Å². The number of hydrogen-bond donors (Lipinski definition) is 0. The van der Waals surface area contributed by atoms with E-state index in [1.807, 2.05) is 36.4 Å². The average molecular weight is 207 g/mol. The largest absolute Gasteiger partial charge is 0.315 e. The van der Waals surface area contributed by atoms with E-state index in [9.17, 15) is 0 Å². The quantitative estimate of drug-likeness (QED) is 0.720. The van der Waals surface area contributed by atoms with Crippen LogP contribution >= 0.6 is 11.8 Å². The zero-order chi connectivity index (χ0) is 9.80. The van der Waals surface area contributed by atoms with Crippen LogP contribution in [0.2, 0.25) is 0 Å². The highest BCUT2D eigenvalue weighted by Crippen LogP contribution is 2.09. The molecule has 0 aromatic carbocycles. The lowest BCUT2D eigenvalue weighted by Crippen LogP contribution is -1.98. The molecule has 0 unspecified atom stereocenters. The Balaban J connectivity index is 2.17. The molecule has 0 spiro atoms. The molecule has 0 aliphatic heterocycles. The number of hydrogen-bond acceptors (Lipinski definition) is 3. The molecule has 0 bridgehead atoms. The van der Waals surface area contributed by atoms with Crippen LogP contribution in [-0.2, 0) is 6.54 Å². The Bertz CT molecular complexity index is 410. The van der Waals surface area contributed by atoms with Crippen LogP contribution in [0.3, 0.4) is 0 Å². The van der Waals surface area contributed by atoms with Crippen molar-refractivity contribution in [2.45, 2.75) is 13.0 Å². The summed E-state index contributed by atoms with van der Waals surface area (Å²) in [5.41, 5.74) is 1.98. The summed E-state index contributed by atoms with van der Waals surface area (Å²) in [4.78, 5) is 8.60. The van der Waals surface area contributed by atoms with E-state index in [0.29, 0.717) is 0 Å². The van der Waals surface area contributed by atoms with Gasteiger partial charge in [0.25, 0.3) is 0 Å². The van der Waals surface area contributed by atoms with Gasteiger partial charge in [0.05, 0.1) is 6.33 Å². The predicted octanol–water partition coefficient (Wildman–Crippen LogP) is 2.18. The summed E-state index contributed by atoms with van der Waals surface area (Å²) in [5.74, 6) is 1.19. The molecule has 0 fully saturated rings. The third kappa shape index (κ3) is 1.90. The van der Waals surface area contributed by atoms with Crippen LogP contribution in [0.4, 0.5) is 0 Å². The fourth-order valence-electron chi connectivity index (χ4n) is 1.44. The van der Waals surface area contributed by atoms with Gasteiger partial charge in [-0.2, -0.15) is 11.8 Å². The summed E-state index contributed by atoms with van der Waals surface area (Å²) in [6, 6.07) is 3.91. The Hall–Kier alpha value is -1.03. The summed E-state index contributed by atoms with van der Waals surface area (Å²) in [6.07, 6.45) is 6.99. The average Bonchev–Trinajstić information content (AvgIpc) is 2.63. The van der Waals surface area contributed by atoms with Gasteiger partial charge in [-0.15, -0.1) is 0 Å². The normalized spacial score (nSPS) is 10.9. The lowest BCUT2D eigenvalue weighted by molar-refractivity contribution is 0.697. The Labute approximate surface area is 87.6 Å². The van der Waals surface area contributed by atoms with Crippen LogP contribution in [-0.4, -0.2) is 26.5 Å². The summed E-state index contributed by atoms with van der Waals surface area (Å²) in [6.45, 7) is 1.01. The maximum Gasteiger partial charge on any atom is 0.159 e. The fourth-order valence-corrected chi connectivity index (χ4v) is 1.86. The molecule has 0 radical (unpaired) electrons. The highest BCUT2D eigenvalue weighted by molar-refractivity contribution is 7.98. The van der Waals surface area contributed by atoms with Crippen LogP contribution in [0.1, 0.15) is 6.42 Å². The fraction of sp³-hybridized carbons (Fsp3) is 0.400. The first-order valence-electron chi connectivity index (χ1n) is 4.66. The van der Waals surface area contributed by atoms with Crippen molar-refractivity contribution in [2.75, 3.05) is 12.0 Å². The van der Waals surface area contributed by atoms with Crippen molar-refractivity contribution in [1.82, 2.24) is 14.5 Å². The molecule has 2 aromatic rings. The molecule has 3 nitrogen and oxygen atoms in total. The lowest BCUT2D eigenvalue weighted by atomic mass is 10.4. The predicted molar refractivity (Wildman–Crippen MR) is 60.5 cm³/mol. The molecule has 4 heteroatoms. The molecule has 0 saturated carbocycles. The summed E-state index contributed by atoms with van der Waals surface area (Å²) >= 11 is 1.87. The molecule has 14 heavy (non-hydrogen) atoms. The number of fused-ring (bicyclic) bond motifs is 1. The van der Waals surface area contributed by atoms with E-state index < -0.39 is 0 Å². The van der Waals surface area contributed by atoms with Crippen molar-refractivity contribution in [3.63, 3.8) is 0 Å². The monoisotopic (exact) mass is 207 g/mol. The standard InChI is InChI=1S/C10H13N3S/c1-14-7-3-6-13-8-12-9-4-2-5-11-10(9)13/h2,4-5,8H,3,6-7H2,1H3. The number of pyridine rings is 1. The molecule has 0 atom stereocenters. The van der Waals surface area contributed by atoms with Crippen LogP contribution < -0.4 is 0 Å². The van der Waals surface area contributed by atoms with E-state index in [1.165, 1.54) is 12.2 Å². The van der Waals surface area contributed by atoms with Gasteiger partial charge >= 0.3 is 0 Å². The molecule has 74 valence electrons. The maximum absolute atomic E-state index is 4.31. The molecule has 0 amide bonds. The second-order valence-electron chi connectivity index (χ2n) is 3.13. The zero-order valence-corrected chi connectivity index (χ0v) is 9.00. The summed E-state index contributed by atoms with van der Waals surface area (Å²) in [7, 11) is 0. The Morgan fingerprint density at radius 1 is 1.43 bits per heavy atom. The Kier molecular flexibility index (Phi) is 3.03. The van der Waals surface area contributed by atoms with Crippen molar-refractivity contribution >= 4 is 22.9 Å². The minimum absolute atomic E-state index is 0.983. The molecule has 0 N–H and O–H groups in total. The van der Waals surface area contributed by atoms with E-state index in [0.717, 1.165) is 17.7 Å². The summed E-state index contributed by atoms with van der Waals surface area (Å²) < 4.78 is 2.12. The van der Waals surface area contributed by atoms with Crippen molar-refractivity contribution in [3.05, 3.63) is 24.7 Å². The smallest absolute Gasteiger partial charge is 0.159 e. The second-order valence-corrected chi connectivity index (χ2v) is 4.12. The van der Waals surface area contributed by atoms with Crippen LogP contribution in [0.15, 0.2) is 24.7 Å². The van der Waals surface area contributed by atoms with Crippen LogP contribution in [0.5, 0.6) is 0 Å². The van der Waals surface area contributed by atoms with Gasteiger partial charge in [0.1, 0.15) is 5.52 Å². The van der Waals surface area contributed by atoms with Crippen molar-refractivity contribution < 1.29 is 0 Å². The topological polar surface area (TPSA) is 30.7 Å². The minimum Gasteiger partial charge on any atom is -0.315 e. The lowest BCUT2D eigenvalue weighted by Gasteiger charge is -2.01. The van der Waals surface area contributed by atoms with Gasteiger partial charge in [0, 0.05) is 12.7 Å². The number of imidazole rings is 1. The third-order valence-corrected chi connectivity index (χ3v) is 2.82. The van der Waals surface area contributed by atoms with Crippen molar-refractivity contribution in [1.29, 1.82) is 0 Å². The molecule has 2 aromatic heterocycles. The van der Waals surface area contributed by atoms with Gasteiger partial charge < -0.3 is 4.57 Å². The number of thioether (sulfide) groups is 1. The Morgan fingerprint density at radius 3 is 3.21 bits per heavy atom. The van der Waals surface area contributed by atoms with Crippen molar-refractivity contribution in [2.24, 2.45) is 0 Å². The van der Waals surface area contributed by atoms with E-state index >= 15 is 0 Å². The minimum atomic E-state index is 0.983. The Morgan fingerprint density at radius 2 is 2.36 bits per heavy atom. The zero-order valence-electron chi connectivity index (χ0n) is 8.18. The number of nitrogens with zero attached hydrogens (tertiary/aromatic N) is 3. The SMILES string of the molecule is CSCCCn1cnc2cccnc21. The van der Waals surface area contributed by atoms with Gasteiger partial charge in [-0.25, -0.2) is 9.97 Å². The van der Waals surface area contributed by atoms with Gasteiger partial charge in [0.2, 0.25) is 0 Å². The highest BCUT2D eigenvalue weighted by Gasteiger charge is 2.01. The van der Waals surface area contributed by atoms with Gasteiger partial charge in [-0.05, 0) is 30.6 Å². The number of aromatic nitrogens is 3. The molecule has 0 saturated heterocycles. The van der Waals surface area contributed by atoms with Crippen LogP contribution in [0.25, 0.3) is 11.2 Å². The number of rotatable bonds is 4. The third-order valence-electron chi connectivity index (χ3n) is 2.12. The molecule has 0 aliphatic carbocycles. The molecule has 2 rings (SSSR count). The van der Waals surface area contributed by atoms with Gasteiger partial charge in [0.15, 0.2) is 5.65 Å². The molecular weight excluding hydrogens is 194 g/mol. The van der Waals surface area contributed by atoms with Crippen LogP contribution in [0, 0.1) is 0 Å². The van der Waals surface area contributed by atoms with E-state index in [2.05, 4.69) is 20.8 Å². The first kappa shape index (κ1) is 9.52. The maximum atomic E-state index is 4.31. The molecule has 2 heterocycles. The highest BCUT2D eigenvalue weighted by atomic mass is 32.2.